The minimum absolute atomic E-state index is 0.0588. The van der Waals surface area contributed by atoms with E-state index >= 15 is 0 Å². The van der Waals surface area contributed by atoms with Crippen molar-refractivity contribution >= 4 is 40.1 Å². The van der Waals surface area contributed by atoms with E-state index in [-0.39, 0.29) is 5.69 Å². The molecule has 0 saturated carbocycles. The molecule has 0 aliphatic heterocycles. The van der Waals surface area contributed by atoms with Crippen LogP contribution < -0.4 is 10.2 Å². The third kappa shape index (κ3) is 3.48. The minimum atomic E-state index is -0.489. The van der Waals surface area contributed by atoms with Gasteiger partial charge in [0.15, 0.2) is 11.0 Å². The van der Waals surface area contributed by atoms with Gasteiger partial charge in [0.25, 0.3) is 5.69 Å². The summed E-state index contributed by atoms with van der Waals surface area (Å²) in [6, 6.07) is 11.6. The first-order valence-electron chi connectivity index (χ1n) is 7.12. The van der Waals surface area contributed by atoms with E-state index in [0.717, 1.165) is 10.8 Å². The normalized spacial score (nSPS) is 11.0. The third-order valence-electron chi connectivity index (χ3n) is 3.44. The Labute approximate surface area is 147 Å². The maximum Gasteiger partial charge on any atom is 0.273 e. The Morgan fingerprint density at radius 3 is 2.72 bits per heavy atom. The fourth-order valence-electron chi connectivity index (χ4n) is 2.24. The van der Waals surface area contributed by atoms with Crippen molar-refractivity contribution in [2.45, 2.75) is 0 Å². The summed E-state index contributed by atoms with van der Waals surface area (Å²) in [4.78, 5) is 10.3. The molecule has 0 saturated heterocycles. The Hall–Kier alpha value is -3.26. The van der Waals surface area contributed by atoms with E-state index in [1.54, 1.807) is 6.07 Å². The van der Waals surface area contributed by atoms with Crippen LogP contribution in [0.15, 0.2) is 47.6 Å². The predicted molar refractivity (Wildman–Crippen MR) is 95.4 cm³/mol. The first-order valence-corrected chi connectivity index (χ1v) is 7.50. The lowest BCUT2D eigenvalue weighted by atomic mass is 10.2. The molecule has 0 amide bonds. The van der Waals surface area contributed by atoms with Crippen molar-refractivity contribution in [3.8, 4) is 5.75 Å². The zero-order valence-electron chi connectivity index (χ0n) is 13.0. The van der Waals surface area contributed by atoms with Gasteiger partial charge in [-0.25, -0.2) is 0 Å². The van der Waals surface area contributed by atoms with Crippen LogP contribution in [0.4, 0.5) is 11.5 Å². The van der Waals surface area contributed by atoms with Gasteiger partial charge in [-0.1, -0.05) is 35.9 Å². The van der Waals surface area contributed by atoms with E-state index in [1.807, 2.05) is 24.3 Å². The van der Waals surface area contributed by atoms with E-state index in [9.17, 15) is 10.1 Å². The summed E-state index contributed by atoms with van der Waals surface area (Å²) in [5.74, 6) is 0.781. The quantitative estimate of drug-likeness (QED) is 0.425. The number of anilines is 1. The fraction of sp³-hybridized carbons (Fsp3) is 0.0625. The molecule has 0 unspecified atom stereocenters. The van der Waals surface area contributed by atoms with Crippen molar-refractivity contribution in [3.63, 3.8) is 0 Å². The number of halogens is 1. The molecule has 0 aliphatic carbocycles. The van der Waals surface area contributed by atoms with Crippen LogP contribution in [0.25, 0.3) is 10.8 Å². The second-order valence-electron chi connectivity index (χ2n) is 4.94. The van der Waals surface area contributed by atoms with E-state index in [1.165, 1.54) is 25.5 Å². The van der Waals surface area contributed by atoms with Crippen LogP contribution in [0.1, 0.15) is 5.56 Å². The number of hydrogen-bond donors (Lipinski definition) is 1. The number of methoxy groups -OCH3 is 1. The fourth-order valence-corrected chi connectivity index (χ4v) is 2.44. The zero-order chi connectivity index (χ0) is 17.8. The molecule has 3 aromatic rings. The van der Waals surface area contributed by atoms with Gasteiger partial charge in [0.1, 0.15) is 5.75 Å². The number of nitro groups is 1. The molecule has 25 heavy (non-hydrogen) atoms. The third-order valence-corrected chi connectivity index (χ3v) is 3.72. The standard InChI is InChI=1S/C16H12ClN5O3/c1-25-14-8-11(22(23)24)7-6-10(14)9-18-20-16-13-5-3-2-4-12(13)15(17)19-21-16/h2-9H,1H3,(H,20,21)/b18-9+. The van der Waals surface area contributed by atoms with Gasteiger partial charge in [-0.05, 0) is 6.07 Å². The Morgan fingerprint density at radius 2 is 2.00 bits per heavy atom. The van der Waals surface area contributed by atoms with Crippen LogP contribution in [0.3, 0.4) is 0 Å². The molecule has 0 fully saturated rings. The number of ether oxygens (including phenoxy) is 1. The Morgan fingerprint density at radius 1 is 1.24 bits per heavy atom. The van der Waals surface area contributed by atoms with E-state index < -0.39 is 4.92 Å². The first kappa shape index (κ1) is 16.6. The van der Waals surface area contributed by atoms with E-state index in [2.05, 4.69) is 20.7 Å². The van der Waals surface area contributed by atoms with Gasteiger partial charge in [-0.2, -0.15) is 5.10 Å². The molecular weight excluding hydrogens is 346 g/mol. The van der Waals surface area contributed by atoms with Crippen molar-refractivity contribution < 1.29 is 9.66 Å². The molecule has 8 nitrogen and oxygen atoms in total. The summed E-state index contributed by atoms with van der Waals surface area (Å²) < 4.78 is 5.16. The molecule has 3 rings (SSSR count). The van der Waals surface area contributed by atoms with Gasteiger partial charge in [0, 0.05) is 22.4 Å². The smallest absolute Gasteiger partial charge is 0.273 e. The number of fused-ring (bicyclic) bond motifs is 1. The largest absolute Gasteiger partial charge is 0.496 e. The number of rotatable bonds is 5. The van der Waals surface area contributed by atoms with Crippen molar-refractivity contribution in [1.29, 1.82) is 0 Å². The number of nitrogens with one attached hydrogen (secondary N) is 1. The molecule has 1 heterocycles. The number of hydrogen-bond acceptors (Lipinski definition) is 7. The maximum atomic E-state index is 10.8. The van der Waals surface area contributed by atoms with Gasteiger partial charge in [-0.15, -0.1) is 10.2 Å². The number of aromatic nitrogens is 2. The van der Waals surface area contributed by atoms with Gasteiger partial charge < -0.3 is 4.74 Å². The number of nitro benzene ring substituents is 1. The highest BCUT2D eigenvalue weighted by Crippen LogP contribution is 2.26. The van der Waals surface area contributed by atoms with Crippen molar-refractivity contribution in [1.82, 2.24) is 10.2 Å². The zero-order valence-corrected chi connectivity index (χ0v) is 13.8. The molecule has 0 radical (unpaired) electrons. The molecule has 0 spiro atoms. The second kappa shape index (κ2) is 7.10. The highest BCUT2D eigenvalue weighted by Gasteiger charge is 2.10. The number of hydrazone groups is 1. The minimum Gasteiger partial charge on any atom is -0.496 e. The van der Waals surface area contributed by atoms with Gasteiger partial charge in [0.05, 0.1) is 24.3 Å². The topological polar surface area (TPSA) is 103 Å². The average Bonchev–Trinajstić information content (AvgIpc) is 2.64. The predicted octanol–water partition coefficient (Wildman–Crippen LogP) is 3.65. The molecule has 126 valence electrons. The highest BCUT2D eigenvalue weighted by atomic mass is 35.5. The summed E-state index contributed by atoms with van der Waals surface area (Å²) in [5, 5.41) is 24.6. The van der Waals surface area contributed by atoms with Crippen molar-refractivity contribution in [2.75, 3.05) is 12.5 Å². The van der Waals surface area contributed by atoms with Crippen LogP contribution in [-0.4, -0.2) is 28.4 Å². The summed E-state index contributed by atoms with van der Waals surface area (Å²) >= 11 is 6.03. The number of non-ortho nitro benzene ring substituents is 1. The molecule has 1 N–H and O–H groups in total. The monoisotopic (exact) mass is 357 g/mol. The lowest BCUT2D eigenvalue weighted by Crippen LogP contribution is -1.99. The van der Waals surface area contributed by atoms with Crippen LogP contribution >= 0.6 is 11.6 Å². The lowest BCUT2D eigenvalue weighted by Gasteiger charge is -2.06. The van der Waals surface area contributed by atoms with Crippen LogP contribution in [-0.2, 0) is 0 Å². The number of benzene rings is 2. The van der Waals surface area contributed by atoms with E-state index in [0.29, 0.717) is 22.3 Å². The lowest BCUT2D eigenvalue weighted by molar-refractivity contribution is -0.384. The summed E-state index contributed by atoms with van der Waals surface area (Å²) in [6.07, 6.45) is 1.48. The molecule has 1 aromatic heterocycles. The SMILES string of the molecule is COc1cc([N+](=O)[O-])ccc1/C=N/Nc1nnc(Cl)c2ccccc12. The molecule has 9 heteroatoms. The summed E-state index contributed by atoms with van der Waals surface area (Å²) in [6.45, 7) is 0. The second-order valence-corrected chi connectivity index (χ2v) is 5.30. The van der Waals surface area contributed by atoms with Gasteiger partial charge in [-0.3, -0.25) is 15.5 Å². The molecular formula is C16H12ClN5O3. The van der Waals surface area contributed by atoms with E-state index in [4.69, 9.17) is 16.3 Å². The van der Waals surface area contributed by atoms with Crippen molar-refractivity contribution in [3.05, 3.63) is 63.3 Å². The highest BCUT2D eigenvalue weighted by molar-refractivity contribution is 6.34. The summed E-state index contributed by atoms with van der Waals surface area (Å²) in [5.41, 5.74) is 3.32. The van der Waals surface area contributed by atoms with Crippen LogP contribution in [0, 0.1) is 10.1 Å². The maximum absolute atomic E-state index is 10.8. The summed E-state index contributed by atoms with van der Waals surface area (Å²) in [7, 11) is 1.43. The van der Waals surface area contributed by atoms with Crippen LogP contribution in [0.5, 0.6) is 5.75 Å². The average molecular weight is 358 g/mol. The Balaban J connectivity index is 1.87. The Bertz CT molecular complexity index is 977. The van der Waals surface area contributed by atoms with Crippen LogP contribution in [0.2, 0.25) is 5.15 Å². The first-order chi connectivity index (χ1) is 12.1. The van der Waals surface area contributed by atoms with Crippen molar-refractivity contribution in [2.24, 2.45) is 5.10 Å². The Kier molecular flexibility index (Phi) is 4.71. The molecule has 2 aromatic carbocycles. The number of nitrogens with zero attached hydrogens (tertiary/aromatic N) is 4. The molecule has 0 aliphatic rings. The van der Waals surface area contributed by atoms with Gasteiger partial charge in [0.2, 0.25) is 0 Å². The molecule has 0 atom stereocenters. The molecule has 0 bridgehead atoms. The van der Waals surface area contributed by atoms with Gasteiger partial charge >= 0.3 is 0 Å².